The topological polar surface area (TPSA) is 12.0 Å². The highest BCUT2D eigenvalue weighted by molar-refractivity contribution is 6.30. The fourth-order valence-electron chi connectivity index (χ4n) is 1.03. The Morgan fingerprint density at radius 2 is 2.29 bits per heavy atom. The number of halogens is 2. The van der Waals surface area contributed by atoms with Crippen molar-refractivity contribution >= 4 is 11.6 Å². The number of hydrogen-bond acceptors (Lipinski definition) is 1. The second kappa shape index (κ2) is 5.64. The molecule has 1 aromatic carbocycles. The van der Waals surface area contributed by atoms with Crippen LogP contribution in [0.3, 0.4) is 0 Å². The molecular formula is C11H11ClFN. The third kappa shape index (κ3) is 3.02. The molecular weight excluding hydrogens is 201 g/mol. The predicted octanol–water partition coefficient (Wildman–Crippen LogP) is 2.59. The first-order chi connectivity index (χ1) is 6.75. The van der Waals surface area contributed by atoms with Crippen LogP contribution in [0.15, 0.2) is 18.2 Å². The molecule has 1 aromatic rings. The second-order valence-corrected chi connectivity index (χ2v) is 3.15. The van der Waals surface area contributed by atoms with Crippen LogP contribution in [0.2, 0.25) is 5.02 Å². The largest absolute Gasteiger partial charge is 0.302 e. The van der Waals surface area contributed by atoms with Crippen molar-refractivity contribution in [3.63, 3.8) is 0 Å². The molecule has 0 aliphatic heterocycles. The molecule has 0 bridgehead atoms. The van der Waals surface area contributed by atoms with Crippen LogP contribution in [0.1, 0.15) is 12.5 Å². The van der Waals surface area contributed by atoms with Crippen molar-refractivity contribution < 1.29 is 4.39 Å². The van der Waals surface area contributed by atoms with Crippen LogP contribution in [-0.2, 0) is 6.54 Å². The monoisotopic (exact) mass is 211 g/mol. The molecule has 0 saturated carbocycles. The molecule has 0 amide bonds. The number of nitrogens with one attached hydrogen (secondary N) is 1. The number of hydrogen-bond donors (Lipinski definition) is 1. The van der Waals surface area contributed by atoms with Crippen LogP contribution in [0.4, 0.5) is 4.39 Å². The van der Waals surface area contributed by atoms with Gasteiger partial charge in [-0.2, -0.15) is 0 Å². The zero-order chi connectivity index (χ0) is 10.4. The van der Waals surface area contributed by atoms with Crippen molar-refractivity contribution in [1.29, 1.82) is 0 Å². The molecule has 0 aliphatic carbocycles. The molecule has 1 N–H and O–H groups in total. The molecule has 1 nitrogen and oxygen atoms in total. The predicted molar refractivity (Wildman–Crippen MR) is 56.6 cm³/mol. The van der Waals surface area contributed by atoms with Crippen molar-refractivity contribution in [2.24, 2.45) is 0 Å². The van der Waals surface area contributed by atoms with E-state index in [1.54, 1.807) is 19.1 Å². The van der Waals surface area contributed by atoms with Gasteiger partial charge in [-0.1, -0.05) is 29.7 Å². The summed E-state index contributed by atoms with van der Waals surface area (Å²) < 4.78 is 13.3. The molecule has 14 heavy (non-hydrogen) atoms. The molecule has 0 spiro atoms. The van der Waals surface area contributed by atoms with Crippen molar-refractivity contribution in [3.8, 4) is 11.8 Å². The lowest BCUT2D eigenvalue weighted by Gasteiger charge is -2.03. The maximum Gasteiger partial charge on any atom is 0.146 e. The van der Waals surface area contributed by atoms with Gasteiger partial charge in [0.1, 0.15) is 5.82 Å². The summed E-state index contributed by atoms with van der Waals surface area (Å²) in [6, 6.07) is 4.97. The molecule has 0 saturated heterocycles. The molecule has 0 unspecified atom stereocenters. The third-order valence-electron chi connectivity index (χ3n) is 1.74. The van der Waals surface area contributed by atoms with E-state index in [2.05, 4.69) is 17.2 Å². The lowest BCUT2D eigenvalue weighted by Crippen LogP contribution is -2.14. The first kappa shape index (κ1) is 11.0. The standard InChI is InChI=1S/C11H11ClFN/c1-2-3-7-14-8-9-5-4-6-10(12)11(9)13/h4-6,14H,7-8H2,1H3. The van der Waals surface area contributed by atoms with Gasteiger partial charge in [0, 0.05) is 12.1 Å². The molecule has 0 aliphatic rings. The van der Waals surface area contributed by atoms with Crippen LogP contribution in [0.5, 0.6) is 0 Å². The minimum atomic E-state index is -0.355. The Bertz CT molecular complexity index is 365. The maximum atomic E-state index is 13.3. The highest BCUT2D eigenvalue weighted by Gasteiger charge is 2.04. The van der Waals surface area contributed by atoms with E-state index in [-0.39, 0.29) is 10.8 Å². The molecule has 0 radical (unpaired) electrons. The molecule has 0 fully saturated rings. The summed E-state index contributed by atoms with van der Waals surface area (Å²) >= 11 is 5.62. The van der Waals surface area contributed by atoms with Gasteiger partial charge in [0.2, 0.25) is 0 Å². The van der Waals surface area contributed by atoms with E-state index in [0.717, 1.165) is 0 Å². The summed E-state index contributed by atoms with van der Waals surface area (Å²) in [5, 5.41) is 3.16. The lowest BCUT2D eigenvalue weighted by molar-refractivity contribution is 0.598. The minimum absolute atomic E-state index is 0.158. The summed E-state index contributed by atoms with van der Waals surface area (Å²) in [7, 11) is 0. The van der Waals surface area contributed by atoms with Crippen LogP contribution < -0.4 is 5.32 Å². The lowest BCUT2D eigenvalue weighted by atomic mass is 10.2. The quantitative estimate of drug-likeness (QED) is 0.599. The third-order valence-corrected chi connectivity index (χ3v) is 2.03. The van der Waals surface area contributed by atoms with E-state index in [1.807, 2.05) is 0 Å². The van der Waals surface area contributed by atoms with Gasteiger partial charge in [-0.3, -0.25) is 0 Å². The van der Waals surface area contributed by atoms with Gasteiger partial charge < -0.3 is 5.32 Å². The first-order valence-corrected chi connectivity index (χ1v) is 4.66. The number of benzene rings is 1. The Balaban J connectivity index is 2.57. The normalized spacial score (nSPS) is 9.36. The molecule has 74 valence electrons. The van der Waals surface area contributed by atoms with Crippen molar-refractivity contribution in [2.45, 2.75) is 13.5 Å². The Morgan fingerprint density at radius 1 is 1.50 bits per heavy atom. The summed E-state index contributed by atoms with van der Waals surface area (Å²) in [5.41, 5.74) is 0.565. The van der Waals surface area contributed by atoms with Crippen LogP contribution in [-0.4, -0.2) is 6.54 Å². The van der Waals surface area contributed by atoms with Gasteiger partial charge in [-0.25, -0.2) is 4.39 Å². The summed E-state index contributed by atoms with van der Waals surface area (Å²) in [4.78, 5) is 0. The smallest absolute Gasteiger partial charge is 0.146 e. The van der Waals surface area contributed by atoms with Gasteiger partial charge in [-0.15, -0.1) is 5.92 Å². The van der Waals surface area contributed by atoms with Crippen LogP contribution >= 0.6 is 11.6 Å². The van der Waals surface area contributed by atoms with E-state index in [9.17, 15) is 4.39 Å². The van der Waals surface area contributed by atoms with Gasteiger partial charge in [0.05, 0.1) is 11.6 Å². The van der Waals surface area contributed by atoms with E-state index < -0.39 is 0 Å². The SMILES string of the molecule is CC#CCNCc1cccc(Cl)c1F. The molecule has 3 heteroatoms. The zero-order valence-electron chi connectivity index (χ0n) is 7.90. The summed E-state index contributed by atoms with van der Waals surface area (Å²) in [6.45, 7) is 2.77. The Kier molecular flexibility index (Phi) is 4.45. The van der Waals surface area contributed by atoms with Gasteiger partial charge in [0.15, 0.2) is 0 Å². The Morgan fingerprint density at radius 3 is 3.00 bits per heavy atom. The summed E-state index contributed by atoms with van der Waals surface area (Å²) in [6.07, 6.45) is 0. The van der Waals surface area contributed by atoms with Crippen molar-refractivity contribution in [1.82, 2.24) is 5.32 Å². The highest BCUT2D eigenvalue weighted by atomic mass is 35.5. The average molecular weight is 212 g/mol. The number of rotatable bonds is 3. The Labute approximate surface area is 88.3 Å². The fraction of sp³-hybridized carbons (Fsp3) is 0.273. The minimum Gasteiger partial charge on any atom is -0.302 e. The molecule has 1 rings (SSSR count). The zero-order valence-corrected chi connectivity index (χ0v) is 8.66. The van der Waals surface area contributed by atoms with E-state index in [4.69, 9.17) is 11.6 Å². The first-order valence-electron chi connectivity index (χ1n) is 4.29. The van der Waals surface area contributed by atoms with E-state index >= 15 is 0 Å². The fourth-order valence-corrected chi connectivity index (χ4v) is 1.23. The van der Waals surface area contributed by atoms with Gasteiger partial charge in [-0.05, 0) is 13.0 Å². The van der Waals surface area contributed by atoms with E-state index in [1.165, 1.54) is 6.07 Å². The molecule has 0 heterocycles. The van der Waals surface area contributed by atoms with Gasteiger partial charge >= 0.3 is 0 Å². The Hall–Kier alpha value is -1.04. The molecule has 0 aromatic heterocycles. The van der Waals surface area contributed by atoms with Crippen molar-refractivity contribution in [3.05, 3.63) is 34.6 Å². The molecule has 0 atom stereocenters. The van der Waals surface area contributed by atoms with Crippen LogP contribution in [0.25, 0.3) is 0 Å². The van der Waals surface area contributed by atoms with Crippen molar-refractivity contribution in [2.75, 3.05) is 6.54 Å². The van der Waals surface area contributed by atoms with Crippen LogP contribution in [0, 0.1) is 17.7 Å². The average Bonchev–Trinajstić information content (AvgIpc) is 2.19. The second-order valence-electron chi connectivity index (χ2n) is 2.74. The summed E-state index contributed by atoms with van der Waals surface area (Å²) in [5.74, 6) is 5.23. The maximum absolute atomic E-state index is 13.3. The van der Waals surface area contributed by atoms with E-state index in [0.29, 0.717) is 18.7 Å². The highest BCUT2D eigenvalue weighted by Crippen LogP contribution is 2.17. The van der Waals surface area contributed by atoms with Gasteiger partial charge in [0.25, 0.3) is 0 Å².